The number of hydrogen-bond donors (Lipinski definition) is 2. The Labute approximate surface area is 145 Å². The number of oxime groups is 1. The summed E-state index contributed by atoms with van der Waals surface area (Å²) in [4.78, 5) is 37.3. The van der Waals surface area contributed by atoms with Gasteiger partial charge in [0.1, 0.15) is 0 Å². The molecule has 1 heterocycles. The summed E-state index contributed by atoms with van der Waals surface area (Å²) in [6, 6.07) is 9.37. The van der Waals surface area contributed by atoms with Crippen LogP contribution in [0, 0.1) is 5.92 Å². The Morgan fingerprint density at radius 2 is 1.68 bits per heavy atom. The monoisotopic (exact) mass is 350 g/mol. The smallest absolute Gasteiger partial charge is 0.414 e. The summed E-state index contributed by atoms with van der Waals surface area (Å²) in [5.41, 5.74) is 1.50. The lowest BCUT2D eigenvalue weighted by atomic mass is 9.93. The molecule has 2 rings (SSSR count). The van der Waals surface area contributed by atoms with Crippen molar-refractivity contribution in [2.24, 2.45) is 11.1 Å². The summed E-state index contributed by atoms with van der Waals surface area (Å²) in [5, 5.41) is 18.8. The van der Waals surface area contributed by atoms with Gasteiger partial charge in [-0.3, -0.25) is 0 Å². The molecule has 0 aromatic heterocycles. The number of carbonyl (C=O) groups excluding carboxylic acids is 1. The van der Waals surface area contributed by atoms with Crippen molar-refractivity contribution in [3.05, 3.63) is 35.9 Å². The Morgan fingerprint density at radius 3 is 2.20 bits per heavy atom. The van der Waals surface area contributed by atoms with Crippen molar-refractivity contribution in [1.29, 1.82) is 0 Å². The van der Waals surface area contributed by atoms with Gasteiger partial charge < -0.3 is 20.0 Å². The van der Waals surface area contributed by atoms with Crippen molar-refractivity contribution >= 4 is 23.6 Å². The van der Waals surface area contributed by atoms with Crippen LogP contribution >= 0.6 is 0 Å². The molecule has 8 heteroatoms. The molecule has 0 radical (unpaired) electrons. The van der Waals surface area contributed by atoms with Crippen molar-refractivity contribution in [2.45, 2.75) is 26.3 Å². The third-order valence-corrected chi connectivity index (χ3v) is 3.83. The van der Waals surface area contributed by atoms with Crippen molar-refractivity contribution < 1.29 is 29.4 Å². The molecular formula is C17H22N2O6. The number of benzene rings is 1. The SMILES string of the molecule is CC1CN(C)C(C)C/C1=N\OC(=O)c1ccccc1.O=C(O)C(=O)O. The first-order chi connectivity index (χ1) is 11.7. The van der Waals surface area contributed by atoms with Crippen LogP contribution in [-0.4, -0.2) is 58.4 Å². The van der Waals surface area contributed by atoms with Crippen LogP contribution in [0.2, 0.25) is 0 Å². The molecule has 1 saturated heterocycles. The largest absolute Gasteiger partial charge is 0.473 e. The summed E-state index contributed by atoms with van der Waals surface area (Å²) in [7, 11) is 2.11. The molecule has 0 bridgehead atoms. The highest BCUT2D eigenvalue weighted by atomic mass is 16.7. The van der Waals surface area contributed by atoms with Crippen LogP contribution in [0.15, 0.2) is 35.5 Å². The summed E-state index contributed by atoms with van der Waals surface area (Å²) in [6.45, 7) is 5.21. The minimum atomic E-state index is -1.82. The van der Waals surface area contributed by atoms with E-state index < -0.39 is 17.9 Å². The molecule has 1 aliphatic heterocycles. The maximum absolute atomic E-state index is 11.8. The Kier molecular flexibility index (Phi) is 7.74. The number of hydrogen-bond acceptors (Lipinski definition) is 6. The molecule has 2 unspecified atom stereocenters. The van der Waals surface area contributed by atoms with E-state index in [1.807, 2.05) is 18.2 Å². The van der Waals surface area contributed by atoms with Crippen LogP contribution in [0.3, 0.4) is 0 Å². The fraction of sp³-hybridized carbons (Fsp3) is 0.412. The number of carboxylic acids is 2. The van der Waals surface area contributed by atoms with E-state index in [9.17, 15) is 4.79 Å². The molecule has 1 aliphatic rings. The normalized spacial score (nSPS) is 21.8. The van der Waals surface area contributed by atoms with E-state index in [-0.39, 0.29) is 0 Å². The molecule has 25 heavy (non-hydrogen) atoms. The first kappa shape index (κ1) is 20.3. The van der Waals surface area contributed by atoms with E-state index in [1.54, 1.807) is 12.1 Å². The Morgan fingerprint density at radius 1 is 1.12 bits per heavy atom. The van der Waals surface area contributed by atoms with Crippen molar-refractivity contribution in [3.63, 3.8) is 0 Å². The minimum absolute atomic E-state index is 0.324. The molecule has 2 N–H and O–H groups in total. The number of likely N-dealkylation sites (tertiary alicyclic amines) is 1. The van der Waals surface area contributed by atoms with Crippen molar-refractivity contribution in [1.82, 2.24) is 4.90 Å². The number of aliphatic carboxylic acids is 2. The van der Waals surface area contributed by atoms with E-state index in [2.05, 4.69) is 31.0 Å². The van der Waals surface area contributed by atoms with Gasteiger partial charge in [-0.2, -0.15) is 0 Å². The highest BCUT2D eigenvalue weighted by Crippen LogP contribution is 2.18. The lowest BCUT2D eigenvalue weighted by molar-refractivity contribution is -0.159. The van der Waals surface area contributed by atoms with Gasteiger partial charge in [0.25, 0.3) is 0 Å². The number of rotatable bonds is 2. The van der Waals surface area contributed by atoms with E-state index >= 15 is 0 Å². The topological polar surface area (TPSA) is 117 Å². The zero-order valence-electron chi connectivity index (χ0n) is 14.4. The van der Waals surface area contributed by atoms with E-state index in [1.165, 1.54) is 0 Å². The van der Waals surface area contributed by atoms with Gasteiger partial charge in [-0.1, -0.05) is 30.3 Å². The van der Waals surface area contributed by atoms with E-state index in [0.717, 1.165) is 18.7 Å². The first-order valence-electron chi connectivity index (χ1n) is 7.72. The molecule has 1 aromatic rings. The van der Waals surface area contributed by atoms with Gasteiger partial charge in [-0.25, -0.2) is 14.4 Å². The van der Waals surface area contributed by atoms with Crippen LogP contribution in [0.1, 0.15) is 30.6 Å². The molecule has 0 saturated carbocycles. The molecule has 1 aromatic carbocycles. The lowest BCUT2D eigenvalue weighted by Gasteiger charge is -2.34. The second kappa shape index (κ2) is 9.53. The number of piperidine rings is 1. The fourth-order valence-electron chi connectivity index (χ4n) is 2.23. The highest BCUT2D eigenvalue weighted by molar-refractivity contribution is 6.27. The van der Waals surface area contributed by atoms with Gasteiger partial charge in [-0.05, 0) is 26.1 Å². The predicted octanol–water partition coefficient (Wildman–Crippen LogP) is 1.72. The highest BCUT2D eigenvalue weighted by Gasteiger charge is 2.26. The summed E-state index contributed by atoms with van der Waals surface area (Å²) < 4.78 is 0. The van der Waals surface area contributed by atoms with Gasteiger partial charge in [0.05, 0.1) is 11.3 Å². The molecule has 0 aliphatic carbocycles. The average Bonchev–Trinajstić information content (AvgIpc) is 2.58. The third-order valence-electron chi connectivity index (χ3n) is 3.83. The average molecular weight is 350 g/mol. The van der Waals surface area contributed by atoms with Crippen LogP contribution < -0.4 is 0 Å². The number of nitrogens with zero attached hydrogens (tertiary/aromatic N) is 2. The maximum atomic E-state index is 11.8. The van der Waals surface area contributed by atoms with Gasteiger partial charge in [0.2, 0.25) is 0 Å². The summed E-state index contributed by atoms with van der Waals surface area (Å²) in [6.07, 6.45) is 0.847. The summed E-state index contributed by atoms with van der Waals surface area (Å²) >= 11 is 0. The first-order valence-corrected chi connectivity index (χ1v) is 7.72. The summed E-state index contributed by atoms with van der Waals surface area (Å²) in [5.74, 6) is -3.72. The maximum Gasteiger partial charge on any atom is 0.414 e. The van der Waals surface area contributed by atoms with Crippen LogP contribution in [0.25, 0.3) is 0 Å². The predicted molar refractivity (Wildman–Crippen MR) is 90.4 cm³/mol. The van der Waals surface area contributed by atoms with Crippen molar-refractivity contribution in [3.8, 4) is 0 Å². The van der Waals surface area contributed by atoms with Crippen LogP contribution in [-0.2, 0) is 14.4 Å². The third kappa shape index (κ3) is 6.72. The fourth-order valence-corrected chi connectivity index (χ4v) is 2.23. The quantitative estimate of drug-likeness (QED) is 0.474. The second-order valence-electron chi connectivity index (χ2n) is 5.83. The van der Waals surface area contributed by atoms with Gasteiger partial charge in [0.15, 0.2) is 0 Å². The Balaban J connectivity index is 0.000000450. The Hall–Kier alpha value is -2.74. The van der Waals surface area contributed by atoms with E-state index in [4.69, 9.17) is 24.6 Å². The molecule has 0 spiro atoms. The standard InChI is InChI=1S/C15H20N2O2.C2H2O4/c1-11-10-17(3)12(2)9-14(11)16-19-15(18)13-7-5-4-6-8-13;3-1(4)2(5)6/h4-8,11-12H,9-10H2,1-3H3;(H,3,4)(H,5,6)/b16-14+;. The second-order valence-corrected chi connectivity index (χ2v) is 5.83. The zero-order valence-corrected chi connectivity index (χ0v) is 14.4. The Bertz CT molecular complexity index is 632. The number of carboxylic acid groups (broad SMARTS) is 2. The van der Waals surface area contributed by atoms with Crippen LogP contribution in [0.5, 0.6) is 0 Å². The molecule has 0 amide bonds. The zero-order chi connectivity index (χ0) is 19.0. The van der Waals surface area contributed by atoms with Gasteiger partial charge in [0, 0.05) is 24.9 Å². The van der Waals surface area contributed by atoms with Crippen LogP contribution in [0.4, 0.5) is 0 Å². The molecular weight excluding hydrogens is 328 g/mol. The number of carbonyl (C=O) groups is 3. The van der Waals surface area contributed by atoms with Crippen molar-refractivity contribution in [2.75, 3.05) is 13.6 Å². The minimum Gasteiger partial charge on any atom is -0.473 e. The molecule has 136 valence electrons. The molecule has 1 fully saturated rings. The molecule has 2 atom stereocenters. The lowest BCUT2D eigenvalue weighted by Crippen LogP contribution is -2.43. The van der Waals surface area contributed by atoms with E-state index in [0.29, 0.717) is 17.5 Å². The van der Waals surface area contributed by atoms with Gasteiger partial charge in [-0.15, -0.1) is 0 Å². The van der Waals surface area contributed by atoms with Gasteiger partial charge >= 0.3 is 17.9 Å². The molecule has 8 nitrogen and oxygen atoms in total.